The standard InChI is InChI=1S/C17H19Cl2NO/c1-11(13-5-4-6-15(9-13)21-3)20-12(2)16-10-14(18)7-8-17(16)19/h4-12,20H,1-3H3/t11-,12?/m1/s1. The summed E-state index contributed by atoms with van der Waals surface area (Å²) in [5, 5.41) is 4.94. The van der Waals surface area contributed by atoms with Crippen molar-refractivity contribution in [2.24, 2.45) is 0 Å². The van der Waals surface area contributed by atoms with E-state index in [4.69, 9.17) is 27.9 Å². The van der Waals surface area contributed by atoms with Gasteiger partial charge in [0.2, 0.25) is 0 Å². The Morgan fingerprint density at radius 2 is 1.76 bits per heavy atom. The average molecular weight is 324 g/mol. The Balaban J connectivity index is 2.14. The first kappa shape index (κ1) is 16.2. The first-order chi connectivity index (χ1) is 10.0. The number of hydrogen-bond donors (Lipinski definition) is 1. The molecule has 0 fully saturated rings. The van der Waals surface area contributed by atoms with E-state index < -0.39 is 0 Å². The minimum atomic E-state index is 0.0948. The highest BCUT2D eigenvalue weighted by atomic mass is 35.5. The van der Waals surface area contributed by atoms with E-state index in [1.165, 1.54) is 5.56 Å². The van der Waals surface area contributed by atoms with E-state index >= 15 is 0 Å². The van der Waals surface area contributed by atoms with Crippen LogP contribution in [-0.2, 0) is 0 Å². The third-order valence-corrected chi connectivity index (χ3v) is 4.10. The number of ether oxygens (including phenoxy) is 1. The van der Waals surface area contributed by atoms with Gasteiger partial charge in [0.05, 0.1) is 7.11 Å². The van der Waals surface area contributed by atoms with Crippen LogP contribution in [0.3, 0.4) is 0 Å². The van der Waals surface area contributed by atoms with E-state index in [0.29, 0.717) is 5.02 Å². The van der Waals surface area contributed by atoms with Gasteiger partial charge in [-0.15, -0.1) is 0 Å². The fraction of sp³-hybridized carbons (Fsp3) is 0.294. The number of hydrogen-bond acceptors (Lipinski definition) is 2. The van der Waals surface area contributed by atoms with Crippen LogP contribution in [0.1, 0.15) is 37.1 Å². The van der Waals surface area contributed by atoms with Crippen LogP contribution < -0.4 is 10.1 Å². The van der Waals surface area contributed by atoms with Crippen LogP contribution in [0.4, 0.5) is 0 Å². The van der Waals surface area contributed by atoms with Gasteiger partial charge < -0.3 is 10.1 Å². The van der Waals surface area contributed by atoms with Crippen molar-refractivity contribution in [1.29, 1.82) is 0 Å². The first-order valence-corrected chi connectivity index (χ1v) is 7.62. The highest BCUT2D eigenvalue weighted by Gasteiger charge is 2.14. The molecule has 0 aliphatic heterocycles. The van der Waals surface area contributed by atoms with Gasteiger partial charge in [-0.1, -0.05) is 35.3 Å². The van der Waals surface area contributed by atoms with Crippen LogP contribution in [0.2, 0.25) is 10.0 Å². The summed E-state index contributed by atoms with van der Waals surface area (Å²) in [6, 6.07) is 13.8. The zero-order valence-corrected chi connectivity index (χ0v) is 13.9. The molecular weight excluding hydrogens is 305 g/mol. The molecule has 0 aromatic heterocycles. The van der Waals surface area contributed by atoms with E-state index in [1.807, 2.05) is 30.3 Å². The van der Waals surface area contributed by atoms with Gasteiger partial charge >= 0.3 is 0 Å². The summed E-state index contributed by atoms with van der Waals surface area (Å²) in [6.07, 6.45) is 0. The Hall–Kier alpha value is -1.22. The normalized spacial score (nSPS) is 13.8. The van der Waals surface area contributed by atoms with E-state index in [1.54, 1.807) is 13.2 Å². The lowest BCUT2D eigenvalue weighted by atomic mass is 10.0. The molecule has 0 saturated heterocycles. The van der Waals surface area contributed by atoms with Crippen molar-refractivity contribution in [2.75, 3.05) is 7.11 Å². The highest BCUT2D eigenvalue weighted by Crippen LogP contribution is 2.28. The van der Waals surface area contributed by atoms with Gasteiger partial charge in [-0.05, 0) is 55.3 Å². The zero-order valence-electron chi connectivity index (χ0n) is 12.4. The second-order valence-electron chi connectivity index (χ2n) is 5.05. The molecule has 2 aromatic carbocycles. The van der Waals surface area contributed by atoms with E-state index in [2.05, 4.69) is 25.2 Å². The summed E-state index contributed by atoms with van der Waals surface area (Å²) in [4.78, 5) is 0. The molecule has 0 aliphatic carbocycles. The molecule has 2 atom stereocenters. The Morgan fingerprint density at radius 1 is 1.00 bits per heavy atom. The molecule has 2 aromatic rings. The molecule has 0 radical (unpaired) electrons. The topological polar surface area (TPSA) is 21.3 Å². The maximum absolute atomic E-state index is 6.25. The van der Waals surface area contributed by atoms with Crippen LogP contribution in [0.25, 0.3) is 0 Å². The van der Waals surface area contributed by atoms with Crippen LogP contribution in [0, 0.1) is 0 Å². The second kappa shape index (κ2) is 7.17. The number of methoxy groups -OCH3 is 1. The smallest absolute Gasteiger partial charge is 0.119 e. The number of benzene rings is 2. The van der Waals surface area contributed by atoms with Crippen molar-refractivity contribution in [3.63, 3.8) is 0 Å². The molecule has 0 aliphatic rings. The van der Waals surface area contributed by atoms with Gasteiger partial charge in [0.25, 0.3) is 0 Å². The van der Waals surface area contributed by atoms with Gasteiger partial charge in [0.15, 0.2) is 0 Å². The van der Waals surface area contributed by atoms with E-state index in [9.17, 15) is 0 Å². The number of rotatable bonds is 5. The molecule has 4 heteroatoms. The molecule has 0 spiro atoms. The minimum absolute atomic E-state index is 0.0948. The highest BCUT2D eigenvalue weighted by molar-refractivity contribution is 6.33. The second-order valence-corrected chi connectivity index (χ2v) is 5.90. The SMILES string of the molecule is COc1cccc([C@@H](C)NC(C)c2cc(Cl)ccc2Cl)c1. The average Bonchev–Trinajstić information content (AvgIpc) is 2.49. The maximum Gasteiger partial charge on any atom is 0.119 e. The lowest BCUT2D eigenvalue weighted by molar-refractivity contribution is 0.412. The van der Waals surface area contributed by atoms with Crippen molar-refractivity contribution < 1.29 is 4.74 Å². The molecule has 0 amide bonds. The molecule has 0 heterocycles. The third-order valence-electron chi connectivity index (χ3n) is 3.52. The maximum atomic E-state index is 6.25. The molecule has 1 N–H and O–H groups in total. The summed E-state index contributed by atoms with van der Waals surface area (Å²) >= 11 is 12.3. The van der Waals surface area contributed by atoms with Crippen molar-refractivity contribution in [1.82, 2.24) is 5.32 Å². The predicted molar refractivity (Wildman–Crippen MR) is 89.4 cm³/mol. The molecule has 21 heavy (non-hydrogen) atoms. The van der Waals surface area contributed by atoms with Crippen LogP contribution in [0.15, 0.2) is 42.5 Å². The van der Waals surface area contributed by atoms with Crippen LogP contribution >= 0.6 is 23.2 Å². The van der Waals surface area contributed by atoms with Gasteiger partial charge in [-0.2, -0.15) is 0 Å². The van der Waals surface area contributed by atoms with E-state index in [0.717, 1.165) is 16.3 Å². The fourth-order valence-corrected chi connectivity index (χ4v) is 2.78. The summed E-state index contributed by atoms with van der Waals surface area (Å²) in [7, 11) is 1.67. The number of nitrogens with one attached hydrogen (secondary N) is 1. The van der Waals surface area contributed by atoms with Gasteiger partial charge in [-0.25, -0.2) is 0 Å². The molecular formula is C17H19Cl2NO. The van der Waals surface area contributed by atoms with Crippen molar-refractivity contribution in [3.05, 3.63) is 63.6 Å². The lowest BCUT2D eigenvalue weighted by Gasteiger charge is -2.22. The predicted octanol–water partition coefficient (Wildman–Crippen LogP) is 5.41. The summed E-state index contributed by atoms with van der Waals surface area (Å²) in [6.45, 7) is 4.19. The van der Waals surface area contributed by atoms with Crippen molar-refractivity contribution in [3.8, 4) is 5.75 Å². The molecule has 0 saturated carbocycles. The van der Waals surface area contributed by atoms with Crippen LogP contribution in [-0.4, -0.2) is 7.11 Å². The zero-order chi connectivity index (χ0) is 15.4. The molecule has 2 nitrogen and oxygen atoms in total. The van der Waals surface area contributed by atoms with E-state index in [-0.39, 0.29) is 12.1 Å². The quantitative estimate of drug-likeness (QED) is 0.793. The summed E-state index contributed by atoms with van der Waals surface area (Å²) < 4.78 is 5.26. The monoisotopic (exact) mass is 323 g/mol. The largest absolute Gasteiger partial charge is 0.497 e. The minimum Gasteiger partial charge on any atom is -0.497 e. The van der Waals surface area contributed by atoms with Crippen LogP contribution in [0.5, 0.6) is 5.75 Å². The van der Waals surface area contributed by atoms with Gasteiger partial charge in [-0.3, -0.25) is 0 Å². The fourth-order valence-electron chi connectivity index (χ4n) is 2.32. The molecule has 2 rings (SSSR count). The molecule has 112 valence electrons. The first-order valence-electron chi connectivity index (χ1n) is 6.86. The van der Waals surface area contributed by atoms with Crippen molar-refractivity contribution in [2.45, 2.75) is 25.9 Å². The summed E-state index contributed by atoms with van der Waals surface area (Å²) in [5.41, 5.74) is 2.17. The Morgan fingerprint density at radius 3 is 2.48 bits per heavy atom. The lowest BCUT2D eigenvalue weighted by Crippen LogP contribution is -2.22. The Bertz CT molecular complexity index is 615. The third kappa shape index (κ3) is 4.13. The Kier molecular flexibility index (Phi) is 5.51. The summed E-state index contributed by atoms with van der Waals surface area (Å²) in [5.74, 6) is 0.856. The van der Waals surface area contributed by atoms with Crippen molar-refractivity contribution >= 4 is 23.2 Å². The molecule has 1 unspecified atom stereocenters. The Labute approximate surface area is 136 Å². The van der Waals surface area contributed by atoms with Gasteiger partial charge in [0.1, 0.15) is 5.75 Å². The van der Waals surface area contributed by atoms with Gasteiger partial charge in [0, 0.05) is 22.1 Å². The molecule has 0 bridgehead atoms. The number of halogens is 2.